The van der Waals surface area contributed by atoms with E-state index < -0.39 is 41.3 Å². The van der Waals surface area contributed by atoms with Crippen molar-refractivity contribution in [1.82, 2.24) is 5.32 Å². The van der Waals surface area contributed by atoms with E-state index in [1.807, 2.05) is 13.8 Å². The SMILES string of the molecule is COC(=O)C1C(C)=NC(C)=C(C(=O)NC(C(=O)OC(C)(C)C)C(C)C)C1c1ccc(C#N)cc1. The van der Waals surface area contributed by atoms with E-state index >= 15 is 0 Å². The van der Waals surface area contributed by atoms with Crippen LogP contribution in [0.1, 0.15) is 65.5 Å². The Balaban J connectivity index is 2.55. The average molecular weight is 468 g/mol. The van der Waals surface area contributed by atoms with E-state index in [0.29, 0.717) is 22.5 Å². The molecule has 8 heteroatoms. The van der Waals surface area contributed by atoms with Crippen molar-refractivity contribution in [3.8, 4) is 6.07 Å². The predicted molar refractivity (Wildman–Crippen MR) is 128 cm³/mol. The number of carbonyl (C=O) groups is 3. The molecule has 1 heterocycles. The second-order valence-electron chi connectivity index (χ2n) is 9.69. The van der Waals surface area contributed by atoms with Crippen molar-refractivity contribution in [1.29, 1.82) is 5.26 Å². The van der Waals surface area contributed by atoms with Crippen molar-refractivity contribution >= 4 is 23.6 Å². The number of benzene rings is 1. The molecule has 1 aromatic rings. The summed E-state index contributed by atoms with van der Waals surface area (Å²) >= 11 is 0. The number of allylic oxidation sites excluding steroid dienone is 1. The number of methoxy groups -OCH3 is 1. The number of amides is 1. The van der Waals surface area contributed by atoms with E-state index in [9.17, 15) is 14.4 Å². The average Bonchev–Trinajstić information content (AvgIpc) is 2.74. The van der Waals surface area contributed by atoms with Crippen LogP contribution in [0.4, 0.5) is 0 Å². The van der Waals surface area contributed by atoms with Crippen molar-refractivity contribution in [3.63, 3.8) is 0 Å². The lowest BCUT2D eigenvalue weighted by Gasteiger charge is -2.33. The van der Waals surface area contributed by atoms with Crippen LogP contribution in [-0.2, 0) is 23.9 Å². The minimum Gasteiger partial charge on any atom is -0.468 e. The van der Waals surface area contributed by atoms with Crippen molar-refractivity contribution in [2.45, 2.75) is 66.0 Å². The summed E-state index contributed by atoms with van der Waals surface area (Å²) in [5.74, 6) is -3.35. The third kappa shape index (κ3) is 6.10. The third-order valence-electron chi connectivity index (χ3n) is 5.54. The first-order chi connectivity index (χ1) is 15.8. The van der Waals surface area contributed by atoms with Gasteiger partial charge in [-0.1, -0.05) is 26.0 Å². The summed E-state index contributed by atoms with van der Waals surface area (Å²) in [6.07, 6.45) is 0. The van der Waals surface area contributed by atoms with Crippen LogP contribution in [0, 0.1) is 23.2 Å². The standard InChI is InChI=1S/C26H33N3O5/c1-14(2)22(25(32)34-26(5,6)7)29-23(30)19-15(3)28-16(4)20(24(31)33-8)21(19)18-11-9-17(13-27)10-12-18/h9-12,14,20-22H,1-8H3,(H,29,30). The summed E-state index contributed by atoms with van der Waals surface area (Å²) in [6, 6.07) is 7.87. The van der Waals surface area contributed by atoms with Crippen molar-refractivity contribution < 1.29 is 23.9 Å². The zero-order valence-electron chi connectivity index (χ0n) is 21.1. The Morgan fingerprint density at radius 2 is 1.71 bits per heavy atom. The highest BCUT2D eigenvalue weighted by molar-refractivity contribution is 6.08. The smallest absolute Gasteiger partial charge is 0.329 e. The molecule has 182 valence electrons. The molecule has 1 aliphatic rings. The highest BCUT2D eigenvalue weighted by atomic mass is 16.6. The van der Waals surface area contributed by atoms with E-state index in [4.69, 9.17) is 14.7 Å². The Kier molecular flexibility index (Phi) is 8.38. The van der Waals surface area contributed by atoms with Crippen molar-refractivity contribution in [2.24, 2.45) is 16.8 Å². The van der Waals surface area contributed by atoms with Crippen LogP contribution in [-0.4, -0.2) is 42.3 Å². The van der Waals surface area contributed by atoms with Crippen LogP contribution in [0.3, 0.4) is 0 Å². The largest absolute Gasteiger partial charge is 0.468 e. The predicted octanol–water partition coefficient (Wildman–Crippen LogP) is 3.66. The zero-order valence-corrected chi connectivity index (χ0v) is 21.1. The molecule has 0 radical (unpaired) electrons. The highest BCUT2D eigenvalue weighted by Gasteiger charge is 2.42. The molecule has 3 unspecified atom stereocenters. The van der Waals surface area contributed by atoms with Crippen LogP contribution in [0.15, 0.2) is 40.5 Å². The van der Waals surface area contributed by atoms with Crippen LogP contribution >= 0.6 is 0 Å². The lowest BCUT2D eigenvalue weighted by molar-refractivity contribution is -0.159. The maximum atomic E-state index is 13.6. The van der Waals surface area contributed by atoms with Gasteiger partial charge in [0, 0.05) is 22.9 Å². The monoisotopic (exact) mass is 467 g/mol. The van der Waals surface area contributed by atoms with E-state index in [2.05, 4.69) is 16.4 Å². The first-order valence-electron chi connectivity index (χ1n) is 11.2. The molecule has 0 aliphatic carbocycles. The van der Waals surface area contributed by atoms with Gasteiger partial charge in [-0.05, 0) is 58.2 Å². The Morgan fingerprint density at radius 1 is 1.12 bits per heavy atom. The minimum absolute atomic E-state index is 0.238. The number of nitriles is 1. The van der Waals surface area contributed by atoms with Crippen LogP contribution < -0.4 is 5.32 Å². The first-order valence-corrected chi connectivity index (χ1v) is 11.2. The number of hydrogen-bond acceptors (Lipinski definition) is 7. The van der Waals surface area contributed by atoms with E-state index in [-0.39, 0.29) is 11.5 Å². The fraction of sp³-hybridized carbons (Fsp3) is 0.500. The first kappa shape index (κ1) is 26.8. The molecular formula is C26H33N3O5. The van der Waals surface area contributed by atoms with Gasteiger partial charge in [0.2, 0.25) is 5.91 Å². The molecular weight excluding hydrogens is 434 g/mol. The quantitative estimate of drug-likeness (QED) is 0.638. The Morgan fingerprint density at radius 3 is 2.18 bits per heavy atom. The van der Waals surface area contributed by atoms with Crippen LogP contribution in [0.5, 0.6) is 0 Å². The summed E-state index contributed by atoms with van der Waals surface area (Å²) in [5, 5.41) is 12.0. The minimum atomic E-state index is -0.891. The van der Waals surface area contributed by atoms with E-state index in [1.165, 1.54) is 7.11 Å². The van der Waals surface area contributed by atoms with Gasteiger partial charge in [-0.3, -0.25) is 14.6 Å². The normalized spacial score (nSPS) is 19.1. The number of esters is 2. The lowest BCUT2D eigenvalue weighted by atomic mass is 9.75. The van der Waals surface area contributed by atoms with Gasteiger partial charge < -0.3 is 14.8 Å². The molecule has 0 bridgehead atoms. The van der Waals surface area contributed by atoms with Crippen molar-refractivity contribution in [3.05, 3.63) is 46.7 Å². The van der Waals surface area contributed by atoms with Gasteiger partial charge in [-0.15, -0.1) is 0 Å². The summed E-state index contributed by atoms with van der Waals surface area (Å²) in [6.45, 7) is 12.3. The lowest BCUT2D eigenvalue weighted by Crippen LogP contribution is -2.49. The summed E-state index contributed by atoms with van der Waals surface area (Å²) < 4.78 is 10.5. The molecule has 3 atom stereocenters. The number of nitrogens with zero attached hydrogens (tertiary/aromatic N) is 2. The molecule has 1 aliphatic heterocycles. The van der Waals surface area contributed by atoms with Gasteiger partial charge in [0.1, 0.15) is 17.6 Å². The van der Waals surface area contributed by atoms with Gasteiger partial charge >= 0.3 is 11.9 Å². The maximum Gasteiger partial charge on any atom is 0.329 e. The number of carbonyl (C=O) groups excluding carboxylic acids is 3. The van der Waals surface area contributed by atoms with Gasteiger partial charge in [0.05, 0.1) is 18.7 Å². The molecule has 0 fully saturated rings. The van der Waals surface area contributed by atoms with Gasteiger partial charge in [0.25, 0.3) is 0 Å². The molecule has 0 saturated heterocycles. The molecule has 34 heavy (non-hydrogen) atoms. The van der Waals surface area contributed by atoms with Gasteiger partial charge in [0.15, 0.2) is 0 Å². The molecule has 1 N–H and O–H groups in total. The Bertz CT molecular complexity index is 1060. The number of nitrogens with one attached hydrogen (secondary N) is 1. The maximum absolute atomic E-state index is 13.6. The van der Waals surface area contributed by atoms with Gasteiger partial charge in [-0.2, -0.15) is 5.26 Å². The highest BCUT2D eigenvalue weighted by Crippen LogP contribution is 2.39. The fourth-order valence-corrected chi connectivity index (χ4v) is 3.97. The molecule has 0 aromatic heterocycles. The molecule has 0 saturated carbocycles. The second kappa shape index (κ2) is 10.6. The zero-order chi connectivity index (χ0) is 25.8. The number of hydrogen-bond donors (Lipinski definition) is 1. The van der Waals surface area contributed by atoms with Crippen LogP contribution in [0.25, 0.3) is 0 Å². The summed E-state index contributed by atoms with van der Waals surface area (Å²) in [5.41, 5.74) is 1.62. The van der Waals surface area contributed by atoms with Crippen molar-refractivity contribution in [2.75, 3.05) is 7.11 Å². The third-order valence-corrected chi connectivity index (χ3v) is 5.54. The number of aliphatic imine (C=N–C) groups is 1. The van der Waals surface area contributed by atoms with Gasteiger partial charge in [-0.25, -0.2) is 4.79 Å². The molecule has 0 spiro atoms. The topological polar surface area (TPSA) is 118 Å². The van der Waals surface area contributed by atoms with E-state index in [1.54, 1.807) is 58.9 Å². The van der Waals surface area contributed by atoms with E-state index in [0.717, 1.165) is 0 Å². The van der Waals surface area contributed by atoms with Crippen LogP contribution in [0.2, 0.25) is 0 Å². The molecule has 1 amide bonds. The second-order valence-corrected chi connectivity index (χ2v) is 9.69. The molecule has 2 rings (SSSR count). The fourth-order valence-electron chi connectivity index (χ4n) is 3.97. The Labute approximate surface area is 201 Å². The number of ether oxygens (including phenoxy) is 2. The summed E-state index contributed by atoms with van der Waals surface area (Å²) in [4.78, 5) is 43.7. The summed E-state index contributed by atoms with van der Waals surface area (Å²) in [7, 11) is 1.29. The molecule has 8 nitrogen and oxygen atoms in total. The number of rotatable bonds is 6. The Hall–Kier alpha value is -3.47. The molecule has 1 aromatic carbocycles.